The minimum absolute atomic E-state index is 0. The van der Waals surface area contributed by atoms with E-state index < -0.39 is 0 Å². The molecule has 1 aliphatic rings. The van der Waals surface area contributed by atoms with Crippen LogP contribution in [0.3, 0.4) is 0 Å². The first-order valence-corrected chi connectivity index (χ1v) is 10.7. The number of hydrogen-bond donors (Lipinski definition) is 3. The Balaban J connectivity index is 0.00000300. The standard InChI is InChI=1S/C21H29N5OS.HI/c1-4-22-21(24-13-19-14(2)25-15(3)28-19)23-12-16-7-5-10-18(11-16)26-20(27)17-8-6-9-17;/h5,7,10-11,17H,4,6,8-9,12-13H2,1-3H3,(H,26,27)(H2,22,23,24);1H. The summed E-state index contributed by atoms with van der Waals surface area (Å²) < 4.78 is 0. The molecular weight excluding hydrogens is 497 g/mol. The van der Waals surface area contributed by atoms with Crippen molar-refractivity contribution in [2.45, 2.75) is 53.1 Å². The van der Waals surface area contributed by atoms with Gasteiger partial charge in [-0.1, -0.05) is 18.6 Å². The summed E-state index contributed by atoms with van der Waals surface area (Å²) in [4.78, 5) is 22.5. The van der Waals surface area contributed by atoms with Gasteiger partial charge in [0, 0.05) is 23.0 Å². The molecule has 6 nitrogen and oxygen atoms in total. The van der Waals surface area contributed by atoms with Gasteiger partial charge in [0.1, 0.15) is 0 Å². The molecule has 0 atom stereocenters. The minimum atomic E-state index is 0. The Morgan fingerprint density at radius 1 is 1.28 bits per heavy atom. The van der Waals surface area contributed by atoms with Gasteiger partial charge in [-0.05, 0) is 51.3 Å². The number of thiazole rings is 1. The van der Waals surface area contributed by atoms with Crippen molar-refractivity contribution < 1.29 is 4.79 Å². The van der Waals surface area contributed by atoms with E-state index in [1.54, 1.807) is 11.3 Å². The lowest BCUT2D eigenvalue weighted by Gasteiger charge is -2.24. The van der Waals surface area contributed by atoms with Crippen LogP contribution in [0.15, 0.2) is 29.3 Å². The lowest BCUT2D eigenvalue weighted by Crippen LogP contribution is -2.36. The van der Waals surface area contributed by atoms with E-state index in [1.165, 1.54) is 4.88 Å². The predicted octanol–water partition coefficient (Wildman–Crippen LogP) is 4.37. The van der Waals surface area contributed by atoms with Gasteiger partial charge < -0.3 is 16.0 Å². The largest absolute Gasteiger partial charge is 0.357 e. The van der Waals surface area contributed by atoms with Gasteiger partial charge in [0.25, 0.3) is 0 Å². The number of carbonyl (C=O) groups excluding carboxylic acids is 1. The third-order valence-corrected chi connectivity index (χ3v) is 5.92. The summed E-state index contributed by atoms with van der Waals surface area (Å²) in [5.74, 6) is 1.10. The number of nitrogens with zero attached hydrogens (tertiary/aromatic N) is 2. The monoisotopic (exact) mass is 527 g/mol. The average Bonchev–Trinajstić information content (AvgIpc) is 2.93. The highest BCUT2D eigenvalue weighted by Crippen LogP contribution is 2.27. The molecule has 0 spiro atoms. The van der Waals surface area contributed by atoms with Gasteiger partial charge >= 0.3 is 0 Å². The summed E-state index contributed by atoms with van der Waals surface area (Å²) in [6, 6.07) is 7.93. The number of carbonyl (C=O) groups is 1. The topological polar surface area (TPSA) is 78.4 Å². The molecule has 0 aliphatic heterocycles. The van der Waals surface area contributed by atoms with Crippen molar-refractivity contribution in [1.82, 2.24) is 15.6 Å². The Kier molecular flexibility index (Phi) is 9.35. The highest BCUT2D eigenvalue weighted by molar-refractivity contribution is 14.0. The van der Waals surface area contributed by atoms with Crippen molar-refractivity contribution >= 4 is 52.9 Å². The SMILES string of the molecule is CCNC(=NCc1cccc(NC(=O)C2CCC2)c1)NCc1sc(C)nc1C.I. The highest BCUT2D eigenvalue weighted by atomic mass is 127. The van der Waals surface area contributed by atoms with Crippen molar-refractivity contribution in [3.05, 3.63) is 45.4 Å². The predicted molar refractivity (Wildman–Crippen MR) is 131 cm³/mol. The molecule has 158 valence electrons. The molecular formula is C21H30IN5OS. The Labute approximate surface area is 194 Å². The molecule has 29 heavy (non-hydrogen) atoms. The summed E-state index contributed by atoms with van der Waals surface area (Å²) in [7, 11) is 0. The molecule has 1 amide bonds. The Morgan fingerprint density at radius 3 is 2.69 bits per heavy atom. The molecule has 1 saturated carbocycles. The maximum atomic E-state index is 12.1. The van der Waals surface area contributed by atoms with Crippen molar-refractivity contribution in [3.8, 4) is 0 Å². The van der Waals surface area contributed by atoms with Gasteiger partial charge in [-0.2, -0.15) is 0 Å². The molecule has 0 unspecified atom stereocenters. The number of amides is 1. The van der Waals surface area contributed by atoms with Crippen LogP contribution in [0.5, 0.6) is 0 Å². The fourth-order valence-corrected chi connectivity index (χ4v) is 3.95. The van der Waals surface area contributed by atoms with Crippen molar-refractivity contribution in [2.75, 3.05) is 11.9 Å². The average molecular weight is 527 g/mol. The van der Waals surface area contributed by atoms with Gasteiger partial charge in [-0.25, -0.2) is 9.98 Å². The molecule has 1 heterocycles. The van der Waals surface area contributed by atoms with Gasteiger partial charge in [-0.15, -0.1) is 35.3 Å². The van der Waals surface area contributed by atoms with Crippen LogP contribution >= 0.6 is 35.3 Å². The van der Waals surface area contributed by atoms with Gasteiger partial charge in [-0.3, -0.25) is 4.79 Å². The van der Waals surface area contributed by atoms with Gasteiger partial charge in [0.15, 0.2) is 5.96 Å². The lowest BCUT2D eigenvalue weighted by atomic mass is 9.85. The summed E-state index contributed by atoms with van der Waals surface area (Å²) in [5, 5.41) is 10.8. The van der Waals surface area contributed by atoms with Crippen molar-refractivity contribution in [1.29, 1.82) is 0 Å². The molecule has 1 aliphatic carbocycles. The normalized spacial score (nSPS) is 14.0. The number of guanidine groups is 1. The summed E-state index contributed by atoms with van der Waals surface area (Å²) in [6.07, 6.45) is 3.17. The van der Waals surface area contributed by atoms with Crippen molar-refractivity contribution in [2.24, 2.45) is 10.9 Å². The zero-order valence-electron chi connectivity index (χ0n) is 17.2. The van der Waals surface area contributed by atoms with Gasteiger partial charge in [0.2, 0.25) is 5.91 Å². The van der Waals surface area contributed by atoms with Crippen LogP contribution in [0, 0.1) is 19.8 Å². The molecule has 2 aromatic rings. The lowest BCUT2D eigenvalue weighted by molar-refractivity contribution is -0.122. The van der Waals surface area contributed by atoms with E-state index in [2.05, 4.69) is 32.9 Å². The fraction of sp³-hybridized carbons (Fsp3) is 0.476. The number of hydrogen-bond acceptors (Lipinski definition) is 4. The zero-order valence-corrected chi connectivity index (χ0v) is 20.4. The van der Waals surface area contributed by atoms with Crippen LogP contribution in [-0.2, 0) is 17.9 Å². The smallest absolute Gasteiger partial charge is 0.227 e. The quantitative estimate of drug-likeness (QED) is 0.284. The molecule has 1 fully saturated rings. The molecule has 0 saturated heterocycles. The Bertz CT molecular complexity index is 847. The van der Waals surface area contributed by atoms with E-state index in [0.29, 0.717) is 13.1 Å². The Morgan fingerprint density at radius 2 is 2.07 bits per heavy atom. The first-order valence-electron chi connectivity index (χ1n) is 9.90. The van der Waals surface area contributed by atoms with E-state index >= 15 is 0 Å². The number of aromatic nitrogens is 1. The van der Waals surface area contributed by atoms with Gasteiger partial charge in [0.05, 0.1) is 23.8 Å². The van der Waals surface area contributed by atoms with Crippen LogP contribution < -0.4 is 16.0 Å². The second-order valence-corrected chi connectivity index (χ2v) is 8.40. The number of benzene rings is 1. The van der Waals surface area contributed by atoms with Crippen molar-refractivity contribution in [3.63, 3.8) is 0 Å². The highest BCUT2D eigenvalue weighted by Gasteiger charge is 2.25. The fourth-order valence-electron chi connectivity index (χ4n) is 3.08. The summed E-state index contributed by atoms with van der Waals surface area (Å²) >= 11 is 1.71. The molecule has 8 heteroatoms. The molecule has 1 aromatic heterocycles. The van der Waals surface area contributed by atoms with E-state index in [-0.39, 0.29) is 35.8 Å². The molecule has 0 radical (unpaired) electrons. The Hall–Kier alpha value is -1.68. The number of rotatable bonds is 7. The molecule has 0 bridgehead atoms. The summed E-state index contributed by atoms with van der Waals surface area (Å²) in [5.41, 5.74) is 2.98. The first kappa shape index (κ1) is 23.6. The molecule has 3 rings (SSSR count). The number of aryl methyl sites for hydroxylation is 2. The summed E-state index contributed by atoms with van der Waals surface area (Å²) in [6.45, 7) is 8.16. The maximum Gasteiger partial charge on any atom is 0.227 e. The van der Waals surface area contributed by atoms with Crippen LogP contribution in [0.25, 0.3) is 0 Å². The zero-order chi connectivity index (χ0) is 19.9. The van der Waals surface area contributed by atoms with Crippen LogP contribution in [-0.4, -0.2) is 23.4 Å². The number of nitrogens with one attached hydrogen (secondary N) is 3. The maximum absolute atomic E-state index is 12.1. The number of anilines is 1. The minimum Gasteiger partial charge on any atom is -0.357 e. The number of halogens is 1. The third-order valence-electron chi connectivity index (χ3n) is 4.85. The van der Waals surface area contributed by atoms with Crippen LogP contribution in [0.1, 0.15) is 47.3 Å². The van der Waals surface area contributed by atoms with Crippen LogP contribution in [0.2, 0.25) is 0 Å². The number of aliphatic imine (C=N–C) groups is 1. The van der Waals surface area contributed by atoms with E-state index in [4.69, 9.17) is 0 Å². The first-order chi connectivity index (χ1) is 13.5. The third kappa shape index (κ3) is 6.95. The molecule has 1 aromatic carbocycles. The molecule has 3 N–H and O–H groups in total. The van der Waals surface area contributed by atoms with E-state index in [9.17, 15) is 4.79 Å². The second-order valence-electron chi connectivity index (χ2n) is 7.11. The van der Waals surface area contributed by atoms with Crippen LogP contribution in [0.4, 0.5) is 5.69 Å². The second kappa shape index (κ2) is 11.5. The van der Waals surface area contributed by atoms with E-state index in [0.717, 1.165) is 53.7 Å². The van der Waals surface area contributed by atoms with E-state index in [1.807, 2.05) is 38.1 Å².